The first-order valence-corrected chi connectivity index (χ1v) is 9.48. The summed E-state index contributed by atoms with van der Waals surface area (Å²) < 4.78 is 7.81. The van der Waals surface area contributed by atoms with Gasteiger partial charge in [-0.25, -0.2) is 9.97 Å². The molecule has 29 heavy (non-hydrogen) atoms. The van der Waals surface area contributed by atoms with E-state index in [0.29, 0.717) is 5.88 Å². The molecule has 0 aliphatic carbocycles. The lowest BCUT2D eigenvalue weighted by Crippen LogP contribution is -1.98. The molecule has 2 aromatic heterocycles. The topological polar surface area (TPSA) is 39.4 Å². The Bertz CT molecular complexity index is 1260. The molecule has 5 aromatic rings. The summed E-state index contributed by atoms with van der Waals surface area (Å²) in [6.07, 6.45) is 2.00. The number of hydrogen-bond acceptors (Lipinski definition) is 3. The van der Waals surface area contributed by atoms with Crippen molar-refractivity contribution in [1.29, 1.82) is 0 Å². The molecule has 2 heterocycles. The van der Waals surface area contributed by atoms with Crippen molar-refractivity contribution < 1.29 is 4.74 Å². The fraction of sp³-hybridized carbons (Fsp3) is 0.0400. The smallest absolute Gasteiger partial charge is 0.226 e. The van der Waals surface area contributed by atoms with Crippen LogP contribution in [-0.4, -0.2) is 21.5 Å². The van der Waals surface area contributed by atoms with E-state index in [-0.39, 0.29) is 0 Å². The summed E-state index contributed by atoms with van der Waals surface area (Å²) in [6, 6.07) is 30.4. The largest absolute Gasteiger partial charge is 0.480 e. The number of fused-ring (bicyclic) bond motifs is 1. The summed E-state index contributed by atoms with van der Waals surface area (Å²) in [7, 11) is 1.68. The van der Waals surface area contributed by atoms with Crippen molar-refractivity contribution in [2.45, 2.75) is 0 Å². The van der Waals surface area contributed by atoms with Crippen molar-refractivity contribution in [3.05, 3.63) is 97.2 Å². The van der Waals surface area contributed by atoms with E-state index in [1.807, 2.05) is 77.3 Å². The average Bonchev–Trinajstić information content (AvgIpc) is 3.19. The maximum atomic E-state index is 5.81. The second kappa shape index (κ2) is 7.24. The molecule has 140 valence electrons. The number of aromatic nitrogens is 3. The molecule has 0 unspecified atom stereocenters. The fourth-order valence-electron chi connectivity index (χ4n) is 3.54. The van der Waals surface area contributed by atoms with E-state index in [0.717, 1.165) is 39.4 Å². The minimum absolute atomic E-state index is 0.697. The number of benzene rings is 3. The quantitative estimate of drug-likeness (QED) is 0.401. The van der Waals surface area contributed by atoms with Gasteiger partial charge >= 0.3 is 0 Å². The molecule has 0 aliphatic heterocycles. The highest BCUT2D eigenvalue weighted by atomic mass is 16.5. The van der Waals surface area contributed by atoms with Gasteiger partial charge in [-0.15, -0.1) is 0 Å². The molecular formula is C25H19N3O. The lowest BCUT2D eigenvalue weighted by molar-refractivity contribution is 0.396. The number of hydrogen-bond donors (Lipinski definition) is 0. The molecular weight excluding hydrogens is 358 g/mol. The van der Waals surface area contributed by atoms with Crippen LogP contribution in [-0.2, 0) is 0 Å². The van der Waals surface area contributed by atoms with E-state index in [4.69, 9.17) is 14.7 Å². The minimum atomic E-state index is 0.697. The molecule has 5 rings (SSSR count). The fourth-order valence-corrected chi connectivity index (χ4v) is 3.54. The molecule has 0 amide bonds. The molecule has 0 aliphatic rings. The first-order chi connectivity index (χ1) is 14.3. The van der Waals surface area contributed by atoms with Gasteiger partial charge in [0.05, 0.1) is 12.8 Å². The lowest BCUT2D eigenvalue weighted by atomic mass is 10.1. The summed E-state index contributed by atoms with van der Waals surface area (Å²) in [5.41, 5.74) is 6.34. The van der Waals surface area contributed by atoms with E-state index < -0.39 is 0 Å². The number of ether oxygens (including phenoxy) is 1. The monoisotopic (exact) mass is 377 g/mol. The number of rotatable bonds is 4. The molecule has 0 radical (unpaired) electrons. The number of imidazole rings is 1. The standard InChI is InChI=1S/C25H19N3O/c1-29-25-23(20-15-9-4-10-16-20)27-24-22(19-13-7-3-8-14-19)26-21(17-28(24)25)18-11-5-2-6-12-18/h2-17H,1H3. The van der Waals surface area contributed by atoms with Crippen molar-refractivity contribution in [1.82, 2.24) is 14.4 Å². The third-order valence-electron chi connectivity index (χ3n) is 4.92. The highest BCUT2D eigenvalue weighted by Gasteiger charge is 2.20. The van der Waals surface area contributed by atoms with Gasteiger partial charge in [0.15, 0.2) is 5.65 Å². The van der Waals surface area contributed by atoms with Crippen LogP contribution in [0.3, 0.4) is 0 Å². The van der Waals surface area contributed by atoms with Gasteiger partial charge in [-0.1, -0.05) is 91.0 Å². The zero-order valence-electron chi connectivity index (χ0n) is 16.0. The van der Waals surface area contributed by atoms with Crippen LogP contribution in [0.5, 0.6) is 5.88 Å². The number of methoxy groups -OCH3 is 1. The van der Waals surface area contributed by atoms with Gasteiger partial charge in [0.25, 0.3) is 0 Å². The van der Waals surface area contributed by atoms with Gasteiger partial charge in [-0.2, -0.15) is 0 Å². The summed E-state index contributed by atoms with van der Waals surface area (Å²) in [4.78, 5) is 9.93. The zero-order valence-corrected chi connectivity index (χ0v) is 16.0. The summed E-state index contributed by atoms with van der Waals surface area (Å²) in [5, 5.41) is 0. The van der Waals surface area contributed by atoms with E-state index in [1.165, 1.54) is 0 Å². The number of nitrogens with zero attached hydrogens (tertiary/aromatic N) is 3. The predicted octanol–water partition coefficient (Wildman–Crippen LogP) is 5.74. The molecule has 0 bridgehead atoms. The van der Waals surface area contributed by atoms with Crippen molar-refractivity contribution in [2.75, 3.05) is 7.11 Å². The van der Waals surface area contributed by atoms with Gasteiger partial charge in [0.2, 0.25) is 5.88 Å². The molecule has 0 saturated heterocycles. The van der Waals surface area contributed by atoms with Gasteiger partial charge in [0, 0.05) is 22.9 Å². The maximum absolute atomic E-state index is 5.81. The van der Waals surface area contributed by atoms with Crippen LogP contribution >= 0.6 is 0 Å². The first-order valence-electron chi connectivity index (χ1n) is 9.48. The molecule has 0 atom stereocenters. The van der Waals surface area contributed by atoms with Crippen molar-refractivity contribution in [2.24, 2.45) is 0 Å². The van der Waals surface area contributed by atoms with Crippen LogP contribution in [0.15, 0.2) is 97.2 Å². The van der Waals surface area contributed by atoms with Gasteiger partial charge in [-0.3, -0.25) is 4.40 Å². The van der Waals surface area contributed by atoms with Crippen LogP contribution in [0.1, 0.15) is 0 Å². The Morgan fingerprint density at radius 2 is 1.14 bits per heavy atom. The Morgan fingerprint density at radius 1 is 0.621 bits per heavy atom. The Kier molecular flexibility index (Phi) is 4.30. The highest BCUT2D eigenvalue weighted by Crippen LogP contribution is 2.35. The summed E-state index contributed by atoms with van der Waals surface area (Å²) in [6.45, 7) is 0. The van der Waals surface area contributed by atoms with Crippen LogP contribution in [0.2, 0.25) is 0 Å². The summed E-state index contributed by atoms with van der Waals surface area (Å²) >= 11 is 0. The Balaban J connectivity index is 1.85. The zero-order chi connectivity index (χ0) is 19.6. The SMILES string of the molecule is COc1c(-c2ccccc2)nc2c(-c3ccccc3)nc(-c3ccccc3)cn12. The normalized spacial score (nSPS) is 10.9. The van der Waals surface area contributed by atoms with Gasteiger partial charge in [-0.05, 0) is 0 Å². The second-order valence-corrected chi connectivity index (χ2v) is 6.74. The Labute approximate surface area is 169 Å². The average molecular weight is 377 g/mol. The van der Waals surface area contributed by atoms with Crippen LogP contribution < -0.4 is 4.74 Å². The Morgan fingerprint density at radius 3 is 1.69 bits per heavy atom. The van der Waals surface area contributed by atoms with E-state index in [9.17, 15) is 0 Å². The van der Waals surface area contributed by atoms with Gasteiger partial charge in [0.1, 0.15) is 11.4 Å². The van der Waals surface area contributed by atoms with Crippen LogP contribution in [0.25, 0.3) is 39.4 Å². The molecule has 4 nitrogen and oxygen atoms in total. The van der Waals surface area contributed by atoms with Crippen molar-refractivity contribution in [3.8, 4) is 39.7 Å². The lowest BCUT2D eigenvalue weighted by Gasteiger charge is -2.09. The van der Waals surface area contributed by atoms with Crippen molar-refractivity contribution in [3.63, 3.8) is 0 Å². The van der Waals surface area contributed by atoms with Crippen LogP contribution in [0.4, 0.5) is 0 Å². The van der Waals surface area contributed by atoms with Crippen LogP contribution in [0, 0.1) is 0 Å². The van der Waals surface area contributed by atoms with E-state index >= 15 is 0 Å². The molecule has 3 aromatic carbocycles. The third-order valence-corrected chi connectivity index (χ3v) is 4.92. The molecule has 0 fully saturated rings. The molecule has 4 heteroatoms. The van der Waals surface area contributed by atoms with E-state index in [2.05, 4.69) is 24.3 Å². The highest BCUT2D eigenvalue weighted by molar-refractivity contribution is 5.81. The first kappa shape index (κ1) is 17.2. The van der Waals surface area contributed by atoms with E-state index in [1.54, 1.807) is 7.11 Å². The Hall–Kier alpha value is -3.92. The molecule has 0 saturated carbocycles. The van der Waals surface area contributed by atoms with Crippen molar-refractivity contribution >= 4 is 5.65 Å². The summed E-state index contributed by atoms with van der Waals surface area (Å²) in [5.74, 6) is 0.697. The molecule has 0 N–H and O–H groups in total. The maximum Gasteiger partial charge on any atom is 0.226 e. The van der Waals surface area contributed by atoms with Gasteiger partial charge < -0.3 is 4.74 Å². The minimum Gasteiger partial charge on any atom is -0.480 e. The third kappa shape index (κ3) is 3.05. The molecule has 0 spiro atoms. The second-order valence-electron chi connectivity index (χ2n) is 6.74. The predicted molar refractivity (Wildman–Crippen MR) is 116 cm³/mol.